The van der Waals surface area contributed by atoms with E-state index in [1.54, 1.807) is 18.2 Å². The summed E-state index contributed by atoms with van der Waals surface area (Å²) in [6, 6.07) is 15.6. The van der Waals surface area contributed by atoms with Crippen LogP contribution in [0.15, 0.2) is 71.8 Å². The molecule has 30 heavy (non-hydrogen) atoms. The van der Waals surface area contributed by atoms with Crippen LogP contribution in [0.3, 0.4) is 0 Å². The molecular formula is C21H16FN3O5. The number of ether oxygens (including phenoxy) is 2. The minimum Gasteiger partial charge on any atom is -0.493 e. The van der Waals surface area contributed by atoms with Crippen molar-refractivity contribution in [2.24, 2.45) is 5.10 Å². The third-order valence-electron chi connectivity index (χ3n) is 3.96. The van der Waals surface area contributed by atoms with Crippen LogP contribution in [0.2, 0.25) is 0 Å². The van der Waals surface area contributed by atoms with Gasteiger partial charge in [0, 0.05) is 12.1 Å². The lowest BCUT2D eigenvalue weighted by Gasteiger charge is -2.10. The molecule has 0 aliphatic carbocycles. The van der Waals surface area contributed by atoms with E-state index in [1.807, 2.05) is 0 Å². The van der Waals surface area contributed by atoms with Gasteiger partial charge >= 0.3 is 5.97 Å². The Kier molecular flexibility index (Phi) is 6.33. The Hall–Kier alpha value is -4.27. The van der Waals surface area contributed by atoms with Gasteiger partial charge in [0.15, 0.2) is 11.5 Å². The Morgan fingerprint density at radius 1 is 1.07 bits per heavy atom. The maximum atomic E-state index is 13.0. The molecule has 0 atom stereocenters. The van der Waals surface area contributed by atoms with Crippen LogP contribution in [-0.4, -0.2) is 24.2 Å². The summed E-state index contributed by atoms with van der Waals surface area (Å²) in [6.07, 6.45) is 1.51. The summed E-state index contributed by atoms with van der Waals surface area (Å²) < 4.78 is 23.6. The van der Waals surface area contributed by atoms with Gasteiger partial charge in [-0.15, -0.1) is 0 Å². The first kappa shape index (κ1) is 20.5. The summed E-state index contributed by atoms with van der Waals surface area (Å²) in [5.74, 6) is -0.582. The monoisotopic (exact) mass is 409 g/mol. The van der Waals surface area contributed by atoms with E-state index in [-0.39, 0.29) is 17.0 Å². The molecule has 0 fully saturated rings. The number of nitro groups is 1. The second kappa shape index (κ2) is 9.28. The average molecular weight is 409 g/mol. The number of benzene rings is 3. The molecule has 0 saturated heterocycles. The standard InChI is InChI=1S/C21H16FN3O5/c1-29-20-12-14(13-23-24-17-7-9-18(10-8-17)25(27)28)2-11-19(20)30-21(26)15-3-5-16(22)6-4-15/h2-13,24H,1H3/b23-13-. The smallest absolute Gasteiger partial charge is 0.343 e. The molecule has 0 spiro atoms. The zero-order valence-electron chi connectivity index (χ0n) is 15.7. The Morgan fingerprint density at radius 2 is 1.77 bits per heavy atom. The van der Waals surface area contributed by atoms with Gasteiger partial charge in [-0.1, -0.05) is 0 Å². The molecule has 0 heterocycles. The fraction of sp³-hybridized carbons (Fsp3) is 0.0476. The molecule has 3 aromatic rings. The lowest BCUT2D eigenvalue weighted by atomic mass is 10.2. The van der Waals surface area contributed by atoms with Gasteiger partial charge in [0.25, 0.3) is 5.69 Å². The molecule has 8 nitrogen and oxygen atoms in total. The first-order valence-electron chi connectivity index (χ1n) is 8.65. The number of rotatable bonds is 7. The van der Waals surface area contributed by atoms with Crippen LogP contribution < -0.4 is 14.9 Å². The van der Waals surface area contributed by atoms with Crippen molar-refractivity contribution in [1.82, 2.24) is 0 Å². The van der Waals surface area contributed by atoms with Gasteiger partial charge in [-0.05, 0) is 60.2 Å². The quantitative estimate of drug-likeness (QED) is 0.204. The van der Waals surface area contributed by atoms with E-state index in [0.29, 0.717) is 17.0 Å². The van der Waals surface area contributed by atoms with Crippen molar-refractivity contribution in [2.75, 3.05) is 12.5 Å². The fourth-order valence-corrected chi connectivity index (χ4v) is 2.43. The summed E-state index contributed by atoms with van der Waals surface area (Å²) in [5.41, 5.74) is 4.18. The molecular weight excluding hydrogens is 393 g/mol. The van der Waals surface area contributed by atoms with E-state index in [4.69, 9.17) is 9.47 Å². The van der Waals surface area contributed by atoms with Crippen LogP contribution in [0.25, 0.3) is 0 Å². The van der Waals surface area contributed by atoms with E-state index in [9.17, 15) is 19.3 Å². The predicted molar refractivity (Wildman–Crippen MR) is 109 cm³/mol. The molecule has 3 aromatic carbocycles. The number of halogens is 1. The zero-order valence-corrected chi connectivity index (χ0v) is 15.7. The number of carbonyl (C=O) groups excluding carboxylic acids is 1. The summed E-state index contributed by atoms with van der Waals surface area (Å²) in [7, 11) is 1.43. The predicted octanol–water partition coefficient (Wildman–Crippen LogP) is 4.41. The second-order valence-electron chi connectivity index (χ2n) is 5.98. The van der Waals surface area contributed by atoms with E-state index in [1.165, 1.54) is 61.9 Å². The van der Waals surface area contributed by atoms with Gasteiger partial charge in [0.1, 0.15) is 5.82 Å². The van der Waals surface area contributed by atoms with E-state index < -0.39 is 16.7 Å². The lowest BCUT2D eigenvalue weighted by Crippen LogP contribution is -2.09. The van der Waals surface area contributed by atoms with Gasteiger partial charge in [-0.2, -0.15) is 5.10 Å². The normalized spacial score (nSPS) is 10.6. The number of hydrazone groups is 1. The number of anilines is 1. The van der Waals surface area contributed by atoms with Crippen LogP contribution in [-0.2, 0) is 0 Å². The summed E-state index contributed by atoms with van der Waals surface area (Å²) >= 11 is 0. The third kappa shape index (κ3) is 5.16. The molecule has 1 N–H and O–H groups in total. The molecule has 0 aliphatic heterocycles. The molecule has 0 aliphatic rings. The Morgan fingerprint density at radius 3 is 2.40 bits per heavy atom. The SMILES string of the molecule is COc1cc(/C=N\Nc2ccc([N+](=O)[O-])cc2)ccc1OC(=O)c1ccc(F)cc1. The maximum absolute atomic E-state index is 13.0. The molecule has 0 bridgehead atoms. The molecule has 152 valence electrons. The van der Waals surface area contributed by atoms with Crippen LogP contribution in [0, 0.1) is 15.9 Å². The molecule has 0 saturated carbocycles. The highest BCUT2D eigenvalue weighted by Crippen LogP contribution is 2.28. The van der Waals surface area contributed by atoms with Crippen LogP contribution >= 0.6 is 0 Å². The first-order valence-corrected chi connectivity index (χ1v) is 8.65. The second-order valence-corrected chi connectivity index (χ2v) is 5.98. The minimum absolute atomic E-state index is 0.0139. The lowest BCUT2D eigenvalue weighted by molar-refractivity contribution is -0.384. The highest BCUT2D eigenvalue weighted by atomic mass is 19.1. The van der Waals surface area contributed by atoms with Crippen molar-refractivity contribution in [3.63, 3.8) is 0 Å². The van der Waals surface area contributed by atoms with Gasteiger partial charge in [0.2, 0.25) is 0 Å². The van der Waals surface area contributed by atoms with Crippen molar-refractivity contribution in [3.05, 3.63) is 93.8 Å². The number of hydrogen-bond acceptors (Lipinski definition) is 7. The van der Waals surface area contributed by atoms with Gasteiger partial charge in [-0.25, -0.2) is 9.18 Å². The topological polar surface area (TPSA) is 103 Å². The molecule has 3 rings (SSSR count). The molecule has 0 unspecified atom stereocenters. The number of nitrogens with zero attached hydrogens (tertiary/aromatic N) is 2. The number of carbonyl (C=O) groups is 1. The van der Waals surface area contributed by atoms with Crippen molar-refractivity contribution in [3.8, 4) is 11.5 Å². The number of non-ortho nitro benzene ring substituents is 1. The maximum Gasteiger partial charge on any atom is 0.343 e. The highest BCUT2D eigenvalue weighted by Gasteiger charge is 2.13. The fourth-order valence-electron chi connectivity index (χ4n) is 2.43. The molecule has 9 heteroatoms. The number of hydrogen-bond donors (Lipinski definition) is 1. The Labute approximate surface area is 170 Å². The number of nitrogens with one attached hydrogen (secondary N) is 1. The number of esters is 1. The molecule has 0 amide bonds. The highest BCUT2D eigenvalue weighted by molar-refractivity contribution is 5.91. The summed E-state index contributed by atoms with van der Waals surface area (Å²) in [4.78, 5) is 22.4. The third-order valence-corrected chi connectivity index (χ3v) is 3.96. The average Bonchev–Trinajstić information content (AvgIpc) is 2.75. The first-order chi connectivity index (χ1) is 14.5. The van der Waals surface area contributed by atoms with Gasteiger partial charge in [-0.3, -0.25) is 15.5 Å². The number of methoxy groups -OCH3 is 1. The minimum atomic E-state index is -0.644. The van der Waals surface area contributed by atoms with E-state index in [0.717, 1.165) is 0 Å². The largest absolute Gasteiger partial charge is 0.493 e. The van der Waals surface area contributed by atoms with Crippen molar-refractivity contribution in [1.29, 1.82) is 0 Å². The van der Waals surface area contributed by atoms with Crippen LogP contribution in [0.1, 0.15) is 15.9 Å². The molecule has 0 aromatic heterocycles. The van der Waals surface area contributed by atoms with Gasteiger partial charge < -0.3 is 9.47 Å². The summed E-state index contributed by atoms with van der Waals surface area (Å²) in [6.45, 7) is 0. The van der Waals surface area contributed by atoms with Crippen LogP contribution in [0.4, 0.5) is 15.8 Å². The van der Waals surface area contributed by atoms with Crippen molar-refractivity contribution < 1.29 is 23.6 Å². The Bertz CT molecular complexity index is 1080. The van der Waals surface area contributed by atoms with E-state index >= 15 is 0 Å². The zero-order chi connectivity index (χ0) is 21.5. The summed E-state index contributed by atoms with van der Waals surface area (Å²) in [5, 5.41) is 14.7. The van der Waals surface area contributed by atoms with Gasteiger partial charge in [0.05, 0.1) is 29.5 Å². The van der Waals surface area contributed by atoms with Crippen LogP contribution in [0.5, 0.6) is 11.5 Å². The van der Waals surface area contributed by atoms with Crippen molar-refractivity contribution >= 4 is 23.6 Å². The van der Waals surface area contributed by atoms with Crippen molar-refractivity contribution in [2.45, 2.75) is 0 Å². The molecule has 0 radical (unpaired) electrons. The van der Waals surface area contributed by atoms with E-state index in [2.05, 4.69) is 10.5 Å². The number of nitro benzene ring substituents is 1. The Balaban J connectivity index is 1.67.